The highest BCUT2D eigenvalue weighted by Gasteiger charge is 2.09. The molecular weight excluding hydrogens is 100 g/mol. The first-order chi connectivity index (χ1) is 3.62. The molecule has 0 spiro atoms. The molecule has 0 aromatic carbocycles. The molecule has 1 heteroatoms. The van der Waals surface area contributed by atoms with Crippen molar-refractivity contribution < 1.29 is 5.11 Å². The fraction of sp³-hybridized carbons (Fsp3) is 0.714. The molecule has 0 saturated heterocycles. The molecule has 0 heterocycles. The maximum absolute atomic E-state index is 8.67. The zero-order chi connectivity index (χ0) is 6.62. The summed E-state index contributed by atoms with van der Waals surface area (Å²) < 4.78 is 0. The van der Waals surface area contributed by atoms with Gasteiger partial charge in [-0.2, -0.15) is 0 Å². The molecule has 0 aliphatic rings. The van der Waals surface area contributed by atoms with Crippen molar-refractivity contribution in [1.82, 2.24) is 0 Å². The van der Waals surface area contributed by atoms with Gasteiger partial charge in [-0.15, -0.1) is 0 Å². The second-order valence-electron chi connectivity index (χ2n) is 2.65. The predicted molar refractivity (Wildman–Crippen MR) is 35.7 cm³/mol. The molecule has 1 nitrogen and oxygen atoms in total. The van der Waals surface area contributed by atoms with Crippen LogP contribution in [0.1, 0.15) is 20.8 Å². The van der Waals surface area contributed by atoms with Gasteiger partial charge in [0.05, 0.1) is 6.61 Å². The zero-order valence-electron chi connectivity index (χ0n) is 5.81. The molecule has 8 heavy (non-hydrogen) atoms. The second-order valence-corrected chi connectivity index (χ2v) is 2.65. The van der Waals surface area contributed by atoms with Crippen molar-refractivity contribution in [2.24, 2.45) is 5.41 Å². The van der Waals surface area contributed by atoms with Crippen LogP contribution >= 0.6 is 0 Å². The largest absolute Gasteiger partial charge is 0.395 e. The van der Waals surface area contributed by atoms with Crippen molar-refractivity contribution in [2.45, 2.75) is 20.8 Å². The Bertz CT molecular complexity index is 82.4. The molecule has 0 unspecified atom stereocenters. The summed E-state index contributed by atoms with van der Waals surface area (Å²) in [6, 6.07) is 0. The normalized spacial score (nSPS) is 13.0. The van der Waals surface area contributed by atoms with Gasteiger partial charge in [-0.1, -0.05) is 26.0 Å². The van der Waals surface area contributed by atoms with Crippen molar-refractivity contribution in [1.29, 1.82) is 0 Å². The van der Waals surface area contributed by atoms with Crippen molar-refractivity contribution in [2.75, 3.05) is 6.61 Å². The molecule has 0 fully saturated rings. The van der Waals surface area contributed by atoms with Crippen LogP contribution in [-0.4, -0.2) is 11.7 Å². The van der Waals surface area contributed by atoms with Gasteiger partial charge in [-0.3, -0.25) is 0 Å². The van der Waals surface area contributed by atoms with E-state index in [9.17, 15) is 0 Å². The summed E-state index contributed by atoms with van der Waals surface area (Å²) in [5.74, 6) is 0. The first-order valence-corrected chi connectivity index (χ1v) is 2.87. The van der Waals surface area contributed by atoms with E-state index in [2.05, 4.69) is 0 Å². The zero-order valence-corrected chi connectivity index (χ0v) is 5.81. The highest BCUT2D eigenvalue weighted by Crippen LogP contribution is 2.14. The van der Waals surface area contributed by atoms with Crippen LogP contribution in [0.2, 0.25) is 0 Å². The second kappa shape index (κ2) is 2.88. The summed E-state index contributed by atoms with van der Waals surface area (Å²) in [6.45, 7) is 6.16. The lowest BCUT2D eigenvalue weighted by molar-refractivity contribution is 0.199. The maximum Gasteiger partial charge on any atom is 0.0516 e. The van der Waals surface area contributed by atoms with E-state index in [1.165, 1.54) is 0 Å². The molecule has 0 aliphatic carbocycles. The Morgan fingerprint density at radius 3 is 2.12 bits per heavy atom. The SMILES string of the molecule is C/C=C/C(C)(C)CO. The van der Waals surface area contributed by atoms with Gasteiger partial charge >= 0.3 is 0 Å². The number of aliphatic hydroxyl groups excluding tert-OH is 1. The van der Waals surface area contributed by atoms with Crippen LogP contribution in [0.4, 0.5) is 0 Å². The van der Waals surface area contributed by atoms with Gasteiger partial charge in [0.2, 0.25) is 0 Å². The Morgan fingerprint density at radius 1 is 1.50 bits per heavy atom. The van der Waals surface area contributed by atoms with Gasteiger partial charge in [-0.05, 0) is 6.92 Å². The lowest BCUT2D eigenvalue weighted by atomic mass is 9.95. The van der Waals surface area contributed by atoms with Gasteiger partial charge in [0.25, 0.3) is 0 Å². The van der Waals surface area contributed by atoms with Crippen molar-refractivity contribution >= 4 is 0 Å². The topological polar surface area (TPSA) is 20.2 Å². The fourth-order valence-electron chi connectivity index (χ4n) is 0.504. The van der Waals surface area contributed by atoms with E-state index in [0.29, 0.717) is 0 Å². The molecular formula is C7H14O. The van der Waals surface area contributed by atoms with Crippen LogP contribution in [0.15, 0.2) is 12.2 Å². The summed E-state index contributed by atoms with van der Waals surface area (Å²) >= 11 is 0. The molecule has 0 radical (unpaired) electrons. The Morgan fingerprint density at radius 2 is 2.00 bits per heavy atom. The fourth-order valence-corrected chi connectivity index (χ4v) is 0.504. The first kappa shape index (κ1) is 7.70. The third kappa shape index (κ3) is 2.80. The van der Waals surface area contributed by atoms with E-state index >= 15 is 0 Å². The molecule has 0 atom stereocenters. The van der Waals surface area contributed by atoms with E-state index in [-0.39, 0.29) is 12.0 Å². The average Bonchev–Trinajstić information content (AvgIpc) is 1.67. The minimum atomic E-state index is -0.0330. The van der Waals surface area contributed by atoms with Crippen LogP contribution in [0, 0.1) is 5.41 Å². The third-order valence-corrected chi connectivity index (χ3v) is 1.03. The van der Waals surface area contributed by atoms with Gasteiger partial charge < -0.3 is 5.11 Å². The van der Waals surface area contributed by atoms with Crippen LogP contribution < -0.4 is 0 Å². The van der Waals surface area contributed by atoms with Gasteiger partial charge in [0.1, 0.15) is 0 Å². The summed E-state index contributed by atoms with van der Waals surface area (Å²) in [5, 5.41) is 8.67. The third-order valence-electron chi connectivity index (χ3n) is 1.03. The van der Waals surface area contributed by atoms with E-state index in [1.54, 1.807) is 0 Å². The average molecular weight is 114 g/mol. The number of hydrogen-bond acceptors (Lipinski definition) is 1. The Balaban J connectivity index is 3.71. The van der Waals surface area contributed by atoms with E-state index < -0.39 is 0 Å². The molecule has 0 aromatic heterocycles. The van der Waals surface area contributed by atoms with Crippen LogP contribution in [0.5, 0.6) is 0 Å². The van der Waals surface area contributed by atoms with E-state index in [4.69, 9.17) is 5.11 Å². The number of hydrogen-bond donors (Lipinski definition) is 1. The number of aliphatic hydroxyl groups is 1. The van der Waals surface area contributed by atoms with Crippen molar-refractivity contribution in [3.8, 4) is 0 Å². The number of rotatable bonds is 2. The molecule has 0 saturated carbocycles. The minimum absolute atomic E-state index is 0.0330. The smallest absolute Gasteiger partial charge is 0.0516 e. The molecule has 1 N–H and O–H groups in total. The van der Waals surface area contributed by atoms with Gasteiger partial charge in [-0.25, -0.2) is 0 Å². The lowest BCUT2D eigenvalue weighted by Gasteiger charge is -2.14. The monoisotopic (exact) mass is 114 g/mol. The van der Waals surface area contributed by atoms with E-state index in [0.717, 1.165) is 0 Å². The summed E-state index contributed by atoms with van der Waals surface area (Å²) in [4.78, 5) is 0. The molecule has 0 bridgehead atoms. The predicted octanol–water partition coefficient (Wildman–Crippen LogP) is 1.58. The Hall–Kier alpha value is -0.300. The van der Waals surface area contributed by atoms with Crippen LogP contribution in [0.25, 0.3) is 0 Å². The summed E-state index contributed by atoms with van der Waals surface area (Å²) in [6.07, 6.45) is 3.95. The highest BCUT2D eigenvalue weighted by molar-refractivity contribution is 4.91. The van der Waals surface area contributed by atoms with Gasteiger partial charge in [0.15, 0.2) is 0 Å². The summed E-state index contributed by atoms with van der Waals surface area (Å²) in [7, 11) is 0. The molecule has 0 aliphatic heterocycles. The quantitative estimate of drug-likeness (QED) is 0.540. The standard InChI is InChI=1S/C7H14O/c1-4-5-7(2,3)6-8/h4-5,8H,6H2,1-3H3/b5-4+. The first-order valence-electron chi connectivity index (χ1n) is 2.87. The maximum atomic E-state index is 8.67. The van der Waals surface area contributed by atoms with Crippen LogP contribution in [-0.2, 0) is 0 Å². The highest BCUT2D eigenvalue weighted by atomic mass is 16.3. The lowest BCUT2D eigenvalue weighted by Crippen LogP contribution is -2.12. The van der Waals surface area contributed by atoms with Crippen molar-refractivity contribution in [3.63, 3.8) is 0 Å². The Labute approximate surface area is 51.0 Å². The Kier molecular flexibility index (Phi) is 2.77. The molecule has 0 rings (SSSR count). The van der Waals surface area contributed by atoms with E-state index in [1.807, 2.05) is 32.9 Å². The van der Waals surface area contributed by atoms with Crippen molar-refractivity contribution in [3.05, 3.63) is 12.2 Å². The molecule has 0 aromatic rings. The molecule has 48 valence electrons. The molecule has 0 amide bonds. The summed E-state index contributed by atoms with van der Waals surface area (Å²) in [5.41, 5.74) is -0.0330. The van der Waals surface area contributed by atoms with Crippen LogP contribution in [0.3, 0.4) is 0 Å². The minimum Gasteiger partial charge on any atom is -0.395 e. The number of allylic oxidation sites excluding steroid dienone is 1. The van der Waals surface area contributed by atoms with Gasteiger partial charge in [0, 0.05) is 5.41 Å².